The van der Waals surface area contributed by atoms with Gasteiger partial charge in [-0.15, -0.1) is 0 Å². The molecule has 3 rings (SSSR count). The third-order valence-electron chi connectivity index (χ3n) is 4.42. The maximum Gasteiger partial charge on any atom is 0.270 e. The summed E-state index contributed by atoms with van der Waals surface area (Å²) < 4.78 is 27.5. The summed E-state index contributed by atoms with van der Waals surface area (Å²) >= 11 is 0. The van der Waals surface area contributed by atoms with Crippen molar-refractivity contribution < 1.29 is 18.4 Å². The molecule has 0 unspecified atom stereocenters. The predicted molar refractivity (Wildman–Crippen MR) is 85.5 cm³/mol. The lowest BCUT2D eigenvalue weighted by Crippen LogP contribution is -2.43. The van der Waals surface area contributed by atoms with Crippen molar-refractivity contribution in [2.45, 2.75) is 19.8 Å². The first-order chi connectivity index (χ1) is 11.5. The maximum absolute atomic E-state index is 13.7. The van der Waals surface area contributed by atoms with E-state index in [2.05, 4.69) is 10.3 Å². The van der Waals surface area contributed by atoms with Crippen LogP contribution >= 0.6 is 0 Å². The number of aromatic amines is 1. The average Bonchev–Trinajstić information content (AvgIpc) is 3.05. The van der Waals surface area contributed by atoms with E-state index >= 15 is 0 Å². The molecular formula is C17H19F2N3O2. The van der Waals surface area contributed by atoms with Gasteiger partial charge in [-0.2, -0.15) is 0 Å². The van der Waals surface area contributed by atoms with Gasteiger partial charge in [0.05, 0.1) is 5.52 Å². The Morgan fingerprint density at radius 1 is 1.25 bits per heavy atom. The number of piperidine rings is 1. The third-order valence-corrected chi connectivity index (χ3v) is 4.42. The van der Waals surface area contributed by atoms with Gasteiger partial charge in [0, 0.05) is 30.9 Å². The molecule has 0 radical (unpaired) electrons. The Morgan fingerprint density at radius 2 is 1.92 bits per heavy atom. The Kier molecular flexibility index (Phi) is 4.51. The summed E-state index contributed by atoms with van der Waals surface area (Å²) in [6.45, 7) is 3.34. The lowest BCUT2D eigenvalue weighted by atomic mass is 9.95. The molecular weight excluding hydrogens is 316 g/mol. The lowest BCUT2D eigenvalue weighted by Gasteiger charge is -2.31. The van der Waals surface area contributed by atoms with E-state index in [1.807, 2.05) is 6.92 Å². The molecule has 2 aromatic rings. The predicted octanol–water partition coefficient (Wildman–Crippen LogP) is 2.43. The molecule has 1 aliphatic rings. The standard InChI is InChI=1S/C17H19F2N3O2/c1-2-20-16(23)10-5-7-22(8-6-10)17(24)14-9-11-12(18)3-4-13(19)15(11)21-14/h3-4,9-10,21H,2,5-8H2,1H3,(H,20,23). The first kappa shape index (κ1) is 16.4. The fourth-order valence-electron chi connectivity index (χ4n) is 3.10. The van der Waals surface area contributed by atoms with Crippen molar-refractivity contribution in [1.29, 1.82) is 0 Å². The molecule has 0 spiro atoms. The molecule has 128 valence electrons. The minimum atomic E-state index is -0.597. The zero-order valence-electron chi connectivity index (χ0n) is 13.4. The van der Waals surface area contributed by atoms with Crippen LogP contribution in [0.3, 0.4) is 0 Å². The smallest absolute Gasteiger partial charge is 0.270 e. The van der Waals surface area contributed by atoms with Crippen LogP contribution in [-0.2, 0) is 4.79 Å². The molecule has 0 atom stereocenters. The highest BCUT2D eigenvalue weighted by molar-refractivity contribution is 5.98. The Hall–Kier alpha value is -2.44. The van der Waals surface area contributed by atoms with Crippen molar-refractivity contribution in [3.63, 3.8) is 0 Å². The highest BCUT2D eigenvalue weighted by Crippen LogP contribution is 2.24. The molecule has 1 aromatic heterocycles. The Labute approximate surface area is 138 Å². The fraction of sp³-hybridized carbons (Fsp3) is 0.412. The summed E-state index contributed by atoms with van der Waals surface area (Å²) in [4.78, 5) is 28.7. The van der Waals surface area contributed by atoms with Gasteiger partial charge in [0.25, 0.3) is 5.91 Å². The van der Waals surface area contributed by atoms with Crippen molar-refractivity contribution in [2.75, 3.05) is 19.6 Å². The molecule has 7 heteroatoms. The molecule has 2 N–H and O–H groups in total. The van der Waals surface area contributed by atoms with Crippen LogP contribution in [0, 0.1) is 17.6 Å². The van der Waals surface area contributed by atoms with Crippen LogP contribution in [-0.4, -0.2) is 41.3 Å². The third kappa shape index (κ3) is 2.98. The number of hydrogen-bond donors (Lipinski definition) is 2. The summed E-state index contributed by atoms with van der Waals surface area (Å²) in [6.07, 6.45) is 1.17. The average molecular weight is 335 g/mol. The van der Waals surface area contributed by atoms with Crippen LogP contribution in [0.4, 0.5) is 8.78 Å². The Morgan fingerprint density at radius 3 is 2.54 bits per heavy atom. The van der Waals surface area contributed by atoms with Gasteiger partial charge in [0.2, 0.25) is 5.91 Å². The zero-order chi connectivity index (χ0) is 17.3. The number of carbonyl (C=O) groups excluding carboxylic acids is 2. The number of benzene rings is 1. The molecule has 5 nitrogen and oxygen atoms in total. The molecule has 1 fully saturated rings. The largest absolute Gasteiger partial charge is 0.356 e. The Bertz CT molecular complexity index is 740. The van der Waals surface area contributed by atoms with Crippen LogP contribution < -0.4 is 5.32 Å². The van der Waals surface area contributed by atoms with Crippen molar-refractivity contribution in [2.24, 2.45) is 5.92 Å². The number of H-pyrrole nitrogens is 1. The fourth-order valence-corrected chi connectivity index (χ4v) is 3.10. The molecule has 24 heavy (non-hydrogen) atoms. The van der Waals surface area contributed by atoms with E-state index in [9.17, 15) is 18.4 Å². The van der Waals surface area contributed by atoms with Gasteiger partial charge in [0.15, 0.2) is 0 Å². The Balaban J connectivity index is 1.73. The van der Waals surface area contributed by atoms with Crippen molar-refractivity contribution in [1.82, 2.24) is 15.2 Å². The summed E-state index contributed by atoms with van der Waals surface area (Å²) in [5.74, 6) is -1.55. The van der Waals surface area contributed by atoms with Crippen LogP contribution in [0.1, 0.15) is 30.3 Å². The van der Waals surface area contributed by atoms with Gasteiger partial charge < -0.3 is 15.2 Å². The van der Waals surface area contributed by atoms with E-state index < -0.39 is 11.6 Å². The minimum absolute atomic E-state index is 0.00411. The summed E-state index contributed by atoms with van der Waals surface area (Å²) in [7, 11) is 0. The minimum Gasteiger partial charge on any atom is -0.356 e. The summed E-state index contributed by atoms with van der Waals surface area (Å²) in [6, 6.07) is 3.41. The van der Waals surface area contributed by atoms with Crippen LogP contribution in [0.5, 0.6) is 0 Å². The molecule has 1 aromatic carbocycles. The van der Waals surface area contributed by atoms with Crippen molar-refractivity contribution in [3.8, 4) is 0 Å². The van der Waals surface area contributed by atoms with Crippen LogP contribution in [0.15, 0.2) is 18.2 Å². The van der Waals surface area contributed by atoms with Gasteiger partial charge in [-0.05, 0) is 38.0 Å². The SMILES string of the molecule is CCNC(=O)C1CCN(C(=O)c2cc3c(F)ccc(F)c3[nH]2)CC1. The first-order valence-corrected chi connectivity index (χ1v) is 8.05. The first-order valence-electron chi connectivity index (χ1n) is 8.05. The van der Waals surface area contributed by atoms with E-state index in [0.717, 1.165) is 12.1 Å². The number of carbonyl (C=O) groups is 2. The quantitative estimate of drug-likeness (QED) is 0.905. The number of aromatic nitrogens is 1. The van der Waals surface area contributed by atoms with Gasteiger partial charge in [-0.3, -0.25) is 9.59 Å². The molecule has 2 heterocycles. The molecule has 0 aliphatic carbocycles. The number of halogens is 2. The van der Waals surface area contributed by atoms with Crippen LogP contribution in [0.25, 0.3) is 10.9 Å². The molecule has 0 saturated carbocycles. The monoisotopic (exact) mass is 335 g/mol. The maximum atomic E-state index is 13.7. The summed E-state index contributed by atoms with van der Waals surface area (Å²) in [5.41, 5.74) is 0.154. The van der Waals surface area contributed by atoms with Crippen LogP contribution in [0.2, 0.25) is 0 Å². The van der Waals surface area contributed by atoms with E-state index in [-0.39, 0.29) is 34.3 Å². The van der Waals surface area contributed by atoms with E-state index in [1.54, 1.807) is 4.90 Å². The highest BCUT2D eigenvalue weighted by atomic mass is 19.1. The van der Waals surface area contributed by atoms with E-state index in [1.165, 1.54) is 6.07 Å². The lowest BCUT2D eigenvalue weighted by molar-refractivity contribution is -0.126. The number of likely N-dealkylation sites (tertiary alicyclic amines) is 1. The number of nitrogens with one attached hydrogen (secondary N) is 2. The summed E-state index contributed by atoms with van der Waals surface area (Å²) in [5, 5.41) is 2.85. The second kappa shape index (κ2) is 6.59. The van der Waals surface area contributed by atoms with Crippen molar-refractivity contribution in [3.05, 3.63) is 35.5 Å². The van der Waals surface area contributed by atoms with Gasteiger partial charge >= 0.3 is 0 Å². The second-order valence-electron chi connectivity index (χ2n) is 5.96. The number of fused-ring (bicyclic) bond motifs is 1. The van der Waals surface area contributed by atoms with Gasteiger partial charge in [-0.25, -0.2) is 8.78 Å². The van der Waals surface area contributed by atoms with Gasteiger partial charge in [0.1, 0.15) is 17.3 Å². The van der Waals surface area contributed by atoms with Crippen molar-refractivity contribution >= 4 is 22.7 Å². The van der Waals surface area contributed by atoms with Gasteiger partial charge in [-0.1, -0.05) is 0 Å². The number of nitrogens with zero attached hydrogens (tertiary/aromatic N) is 1. The molecule has 0 bridgehead atoms. The second-order valence-corrected chi connectivity index (χ2v) is 5.96. The zero-order valence-corrected chi connectivity index (χ0v) is 13.4. The number of amides is 2. The molecule has 1 saturated heterocycles. The normalized spacial score (nSPS) is 15.7. The number of hydrogen-bond acceptors (Lipinski definition) is 2. The topological polar surface area (TPSA) is 65.2 Å². The van der Waals surface area contributed by atoms with E-state index in [4.69, 9.17) is 0 Å². The molecule has 2 amide bonds. The molecule has 1 aliphatic heterocycles. The highest BCUT2D eigenvalue weighted by Gasteiger charge is 2.28. The number of rotatable bonds is 3. The van der Waals surface area contributed by atoms with E-state index in [0.29, 0.717) is 32.5 Å².